The molecule has 1 unspecified atom stereocenters. The maximum atomic E-state index is 10.5. The highest BCUT2D eigenvalue weighted by molar-refractivity contribution is 5.38. The maximum Gasteiger partial charge on any atom is 0.124 e. The molecule has 0 aliphatic rings. The fourth-order valence-corrected chi connectivity index (χ4v) is 2.38. The standard InChI is InChI=1S/C16H27NO2/c1-5-9-17(10-6-2)12-15(18)14-11-13(3)7-8-16(14)19-4/h7-8,11,15,18H,5-6,9-10,12H2,1-4H3. The molecule has 0 heterocycles. The van der Waals surface area contributed by atoms with Gasteiger partial charge in [-0.15, -0.1) is 0 Å². The number of aliphatic hydroxyl groups excluding tert-OH is 1. The van der Waals surface area contributed by atoms with E-state index in [9.17, 15) is 5.11 Å². The fourth-order valence-electron chi connectivity index (χ4n) is 2.38. The molecule has 0 amide bonds. The Labute approximate surface area is 117 Å². The van der Waals surface area contributed by atoms with Gasteiger partial charge in [-0.25, -0.2) is 0 Å². The molecule has 0 radical (unpaired) electrons. The predicted molar refractivity (Wildman–Crippen MR) is 79.7 cm³/mol. The molecule has 1 rings (SSSR count). The van der Waals surface area contributed by atoms with Crippen LogP contribution in [-0.2, 0) is 0 Å². The predicted octanol–water partition coefficient (Wildman–Crippen LogP) is 3.16. The molecule has 0 saturated carbocycles. The van der Waals surface area contributed by atoms with E-state index in [1.165, 1.54) is 0 Å². The number of ether oxygens (including phenoxy) is 1. The van der Waals surface area contributed by atoms with Crippen LogP contribution in [0.3, 0.4) is 0 Å². The lowest BCUT2D eigenvalue weighted by Crippen LogP contribution is -2.30. The van der Waals surface area contributed by atoms with Crippen molar-refractivity contribution >= 4 is 0 Å². The molecule has 3 heteroatoms. The molecular weight excluding hydrogens is 238 g/mol. The molecule has 1 atom stereocenters. The molecule has 0 aliphatic carbocycles. The Kier molecular flexibility index (Phi) is 6.89. The zero-order valence-corrected chi connectivity index (χ0v) is 12.6. The summed E-state index contributed by atoms with van der Waals surface area (Å²) in [6, 6.07) is 5.95. The van der Waals surface area contributed by atoms with Crippen molar-refractivity contribution in [1.82, 2.24) is 4.90 Å². The van der Waals surface area contributed by atoms with Crippen molar-refractivity contribution in [2.75, 3.05) is 26.7 Å². The minimum Gasteiger partial charge on any atom is -0.496 e. The Morgan fingerprint density at radius 3 is 2.37 bits per heavy atom. The van der Waals surface area contributed by atoms with Gasteiger partial charge in [-0.1, -0.05) is 25.5 Å². The first-order valence-electron chi connectivity index (χ1n) is 7.17. The van der Waals surface area contributed by atoms with Crippen LogP contribution in [0.1, 0.15) is 43.9 Å². The minimum absolute atomic E-state index is 0.493. The van der Waals surface area contributed by atoms with Crippen LogP contribution >= 0.6 is 0 Å². The summed E-state index contributed by atoms with van der Waals surface area (Å²) in [4.78, 5) is 2.31. The lowest BCUT2D eigenvalue weighted by atomic mass is 10.0. The van der Waals surface area contributed by atoms with Crippen LogP contribution in [0.25, 0.3) is 0 Å². The average Bonchev–Trinajstić information content (AvgIpc) is 2.39. The fraction of sp³-hybridized carbons (Fsp3) is 0.625. The van der Waals surface area contributed by atoms with Gasteiger partial charge in [-0.2, -0.15) is 0 Å². The monoisotopic (exact) mass is 265 g/mol. The van der Waals surface area contributed by atoms with Gasteiger partial charge < -0.3 is 14.7 Å². The highest BCUT2D eigenvalue weighted by atomic mass is 16.5. The molecule has 0 spiro atoms. The van der Waals surface area contributed by atoms with Crippen molar-refractivity contribution in [3.63, 3.8) is 0 Å². The van der Waals surface area contributed by atoms with Crippen LogP contribution in [0.2, 0.25) is 0 Å². The Hall–Kier alpha value is -1.06. The second kappa shape index (κ2) is 8.18. The Bertz CT molecular complexity index is 373. The minimum atomic E-state index is -0.493. The molecule has 0 bridgehead atoms. The first kappa shape index (κ1) is 16.0. The van der Waals surface area contributed by atoms with Gasteiger partial charge in [-0.3, -0.25) is 0 Å². The van der Waals surface area contributed by atoms with Crippen LogP contribution in [0.4, 0.5) is 0 Å². The third-order valence-corrected chi connectivity index (χ3v) is 3.26. The third kappa shape index (κ3) is 4.84. The van der Waals surface area contributed by atoms with Gasteiger partial charge in [0.2, 0.25) is 0 Å². The van der Waals surface area contributed by atoms with Crippen LogP contribution in [0.5, 0.6) is 5.75 Å². The number of aliphatic hydroxyl groups is 1. The number of nitrogens with zero attached hydrogens (tertiary/aromatic N) is 1. The van der Waals surface area contributed by atoms with Crippen LogP contribution in [-0.4, -0.2) is 36.8 Å². The van der Waals surface area contributed by atoms with Crippen molar-refractivity contribution in [1.29, 1.82) is 0 Å². The summed E-state index contributed by atoms with van der Waals surface area (Å²) in [5, 5.41) is 10.5. The summed E-state index contributed by atoms with van der Waals surface area (Å²) >= 11 is 0. The second-order valence-corrected chi connectivity index (χ2v) is 5.06. The summed E-state index contributed by atoms with van der Waals surface area (Å²) in [5.74, 6) is 0.769. The number of methoxy groups -OCH3 is 1. The summed E-state index contributed by atoms with van der Waals surface area (Å²) in [7, 11) is 1.65. The van der Waals surface area contributed by atoms with Crippen molar-refractivity contribution in [3.05, 3.63) is 29.3 Å². The molecule has 108 valence electrons. The van der Waals surface area contributed by atoms with E-state index in [4.69, 9.17) is 4.74 Å². The lowest BCUT2D eigenvalue weighted by molar-refractivity contribution is 0.110. The molecule has 3 nitrogen and oxygen atoms in total. The molecule has 0 fully saturated rings. The number of aryl methyl sites for hydroxylation is 1. The molecule has 1 N–H and O–H groups in total. The average molecular weight is 265 g/mol. The SMILES string of the molecule is CCCN(CCC)CC(O)c1cc(C)ccc1OC. The molecule has 0 saturated heterocycles. The maximum absolute atomic E-state index is 10.5. The quantitative estimate of drug-likeness (QED) is 0.783. The molecule has 1 aromatic rings. The van der Waals surface area contributed by atoms with E-state index in [2.05, 4.69) is 18.7 Å². The third-order valence-electron chi connectivity index (χ3n) is 3.26. The van der Waals surface area contributed by atoms with Crippen LogP contribution in [0, 0.1) is 6.92 Å². The van der Waals surface area contributed by atoms with E-state index in [0.717, 1.165) is 42.8 Å². The van der Waals surface area contributed by atoms with Gasteiger partial charge in [0.1, 0.15) is 5.75 Å². The van der Waals surface area contributed by atoms with Gasteiger partial charge in [-0.05, 0) is 45.0 Å². The first-order valence-corrected chi connectivity index (χ1v) is 7.17. The van der Waals surface area contributed by atoms with Crippen molar-refractivity contribution in [2.24, 2.45) is 0 Å². The Balaban J connectivity index is 2.80. The Morgan fingerprint density at radius 1 is 1.21 bits per heavy atom. The van der Waals surface area contributed by atoms with Crippen molar-refractivity contribution in [3.8, 4) is 5.75 Å². The highest BCUT2D eigenvalue weighted by Crippen LogP contribution is 2.27. The van der Waals surface area contributed by atoms with E-state index in [1.807, 2.05) is 25.1 Å². The first-order chi connectivity index (χ1) is 9.12. The number of rotatable bonds is 8. The number of hydrogen-bond acceptors (Lipinski definition) is 3. The molecule has 0 aliphatic heterocycles. The van der Waals surface area contributed by atoms with Crippen molar-refractivity contribution in [2.45, 2.75) is 39.7 Å². The Morgan fingerprint density at radius 2 is 1.84 bits per heavy atom. The number of hydrogen-bond donors (Lipinski definition) is 1. The van der Waals surface area contributed by atoms with Crippen molar-refractivity contribution < 1.29 is 9.84 Å². The zero-order chi connectivity index (χ0) is 14.3. The highest BCUT2D eigenvalue weighted by Gasteiger charge is 2.16. The lowest BCUT2D eigenvalue weighted by Gasteiger charge is -2.25. The molecule has 1 aromatic carbocycles. The topological polar surface area (TPSA) is 32.7 Å². The van der Waals surface area contributed by atoms with E-state index < -0.39 is 6.10 Å². The second-order valence-electron chi connectivity index (χ2n) is 5.06. The molecular formula is C16H27NO2. The summed E-state index contributed by atoms with van der Waals surface area (Å²) in [6.45, 7) is 9.09. The van der Waals surface area contributed by atoms with E-state index in [1.54, 1.807) is 7.11 Å². The van der Waals surface area contributed by atoms with E-state index >= 15 is 0 Å². The van der Waals surface area contributed by atoms with Gasteiger partial charge in [0, 0.05) is 12.1 Å². The molecule has 0 aromatic heterocycles. The molecule has 19 heavy (non-hydrogen) atoms. The van der Waals surface area contributed by atoms with Gasteiger partial charge >= 0.3 is 0 Å². The van der Waals surface area contributed by atoms with Gasteiger partial charge in [0.25, 0.3) is 0 Å². The van der Waals surface area contributed by atoms with E-state index in [0.29, 0.717) is 6.54 Å². The number of benzene rings is 1. The van der Waals surface area contributed by atoms with Gasteiger partial charge in [0.05, 0.1) is 13.2 Å². The van der Waals surface area contributed by atoms with Crippen LogP contribution < -0.4 is 4.74 Å². The van der Waals surface area contributed by atoms with Gasteiger partial charge in [0.15, 0.2) is 0 Å². The smallest absolute Gasteiger partial charge is 0.124 e. The largest absolute Gasteiger partial charge is 0.496 e. The zero-order valence-electron chi connectivity index (χ0n) is 12.6. The van der Waals surface area contributed by atoms with E-state index in [-0.39, 0.29) is 0 Å². The van der Waals surface area contributed by atoms with Crippen LogP contribution in [0.15, 0.2) is 18.2 Å². The normalized spacial score (nSPS) is 12.7. The summed E-state index contributed by atoms with van der Waals surface area (Å²) < 4.78 is 5.34. The summed E-state index contributed by atoms with van der Waals surface area (Å²) in [5.41, 5.74) is 2.03. The summed E-state index contributed by atoms with van der Waals surface area (Å²) in [6.07, 6.45) is 1.72.